The van der Waals surface area contributed by atoms with Crippen molar-refractivity contribution in [1.29, 1.82) is 0 Å². The predicted molar refractivity (Wildman–Crippen MR) is 88.8 cm³/mol. The van der Waals surface area contributed by atoms with E-state index in [0.717, 1.165) is 23.5 Å². The molecule has 8 heteroatoms. The van der Waals surface area contributed by atoms with Gasteiger partial charge in [-0.1, -0.05) is 6.07 Å². The van der Waals surface area contributed by atoms with Gasteiger partial charge in [-0.15, -0.1) is 0 Å². The van der Waals surface area contributed by atoms with Crippen molar-refractivity contribution < 1.29 is 17.9 Å². The molecule has 130 valence electrons. The highest BCUT2D eigenvalue weighted by atomic mass is 32.2. The van der Waals surface area contributed by atoms with Crippen molar-refractivity contribution in [2.24, 2.45) is 5.92 Å². The molecule has 0 saturated heterocycles. The monoisotopic (exact) mass is 351 g/mol. The Balaban J connectivity index is 1.65. The third-order valence-corrected chi connectivity index (χ3v) is 5.52. The summed E-state index contributed by atoms with van der Waals surface area (Å²) in [4.78, 5) is 0. The molecule has 24 heavy (non-hydrogen) atoms. The molecule has 0 fully saturated rings. The number of methoxy groups -OCH3 is 1. The average molecular weight is 351 g/mol. The van der Waals surface area contributed by atoms with Crippen molar-refractivity contribution in [3.05, 3.63) is 36.0 Å². The maximum Gasteiger partial charge on any atom is 0.257 e. The number of hydrogen-bond donors (Lipinski definition) is 1. The second kappa shape index (κ2) is 6.82. The minimum Gasteiger partial charge on any atom is -0.497 e. The molecule has 0 radical (unpaired) electrons. The normalized spacial score (nSPS) is 17.2. The minimum atomic E-state index is -3.57. The number of sulfonamides is 1. The van der Waals surface area contributed by atoms with E-state index >= 15 is 0 Å². The first-order valence-corrected chi connectivity index (χ1v) is 9.33. The van der Waals surface area contributed by atoms with Crippen LogP contribution in [0.2, 0.25) is 0 Å². The van der Waals surface area contributed by atoms with E-state index in [1.165, 1.54) is 16.9 Å². The van der Waals surface area contributed by atoms with Crippen LogP contribution in [-0.2, 0) is 23.0 Å². The Kier molecular flexibility index (Phi) is 4.77. The molecule has 0 amide bonds. The van der Waals surface area contributed by atoms with E-state index in [1.54, 1.807) is 7.11 Å². The summed E-state index contributed by atoms with van der Waals surface area (Å²) >= 11 is 0. The van der Waals surface area contributed by atoms with Crippen molar-refractivity contribution in [2.45, 2.75) is 24.9 Å². The number of aryl methyl sites for hydroxylation is 1. The van der Waals surface area contributed by atoms with E-state index in [2.05, 4.69) is 9.82 Å². The molecule has 1 N–H and O–H groups in total. The Hall–Kier alpha value is -2.06. The number of rotatable bonds is 6. The lowest BCUT2D eigenvalue weighted by molar-refractivity contribution is 0.222. The first-order valence-electron chi connectivity index (χ1n) is 7.84. The first-order chi connectivity index (χ1) is 11.5. The quantitative estimate of drug-likeness (QED) is 0.852. The van der Waals surface area contributed by atoms with Crippen molar-refractivity contribution >= 4 is 10.0 Å². The summed E-state index contributed by atoms with van der Waals surface area (Å²) in [5.41, 5.74) is 1.06. The van der Waals surface area contributed by atoms with Crippen molar-refractivity contribution in [2.75, 3.05) is 20.3 Å². The number of nitrogens with one attached hydrogen (secondary N) is 1. The van der Waals surface area contributed by atoms with Gasteiger partial charge in [-0.05, 0) is 31.0 Å². The largest absolute Gasteiger partial charge is 0.497 e. The van der Waals surface area contributed by atoms with Crippen LogP contribution in [0.15, 0.2) is 35.5 Å². The Bertz CT molecular complexity index is 816. The molecule has 2 aromatic rings. The molecule has 3 rings (SSSR count). The lowest BCUT2D eigenvalue weighted by Crippen LogP contribution is -2.35. The van der Waals surface area contributed by atoms with Gasteiger partial charge >= 0.3 is 0 Å². The highest BCUT2D eigenvalue weighted by Crippen LogP contribution is 2.30. The van der Waals surface area contributed by atoms with Crippen LogP contribution in [-0.4, -0.2) is 38.5 Å². The van der Waals surface area contributed by atoms with Crippen molar-refractivity contribution in [1.82, 2.24) is 14.5 Å². The van der Waals surface area contributed by atoms with Crippen LogP contribution in [0.1, 0.15) is 12.5 Å². The smallest absolute Gasteiger partial charge is 0.257 e. The fraction of sp³-hybridized carbons (Fsp3) is 0.438. The third kappa shape index (κ3) is 3.39. The Labute approximate surface area is 141 Å². The molecule has 0 spiro atoms. The maximum atomic E-state index is 12.4. The molecule has 7 nitrogen and oxygen atoms in total. The second-order valence-corrected chi connectivity index (χ2v) is 7.41. The summed E-state index contributed by atoms with van der Waals surface area (Å²) in [5, 5.41) is 4.19. The fourth-order valence-electron chi connectivity index (χ4n) is 2.76. The van der Waals surface area contributed by atoms with Crippen LogP contribution in [0, 0.1) is 5.92 Å². The van der Waals surface area contributed by atoms with E-state index in [9.17, 15) is 8.42 Å². The highest BCUT2D eigenvalue weighted by Gasteiger charge is 2.24. The molecular formula is C16H21N3O4S. The summed E-state index contributed by atoms with van der Waals surface area (Å²) in [5.74, 6) is 1.64. The molecular weight excluding hydrogens is 330 g/mol. The molecule has 0 bridgehead atoms. The second-order valence-electron chi connectivity index (χ2n) is 5.69. The Morgan fingerprint density at radius 2 is 2.25 bits per heavy atom. The van der Waals surface area contributed by atoms with Gasteiger partial charge in [0.25, 0.3) is 10.0 Å². The fourth-order valence-corrected chi connectivity index (χ4v) is 4.06. The average Bonchev–Trinajstić information content (AvgIpc) is 3.09. The van der Waals surface area contributed by atoms with Gasteiger partial charge in [-0.2, -0.15) is 5.10 Å². The van der Waals surface area contributed by atoms with Gasteiger partial charge in [0, 0.05) is 25.1 Å². The Morgan fingerprint density at radius 3 is 3.00 bits per heavy atom. The topological polar surface area (TPSA) is 82.5 Å². The minimum absolute atomic E-state index is 0.0821. The van der Waals surface area contributed by atoms with Gasteiger partial charge in [0.2, 0.25) is 0 Å². The number of ether oxygens (including phenoxy) is 2. The maximum absolute atomic E-state index is 12.4. The van der Waals surface area contributed by atoms with Gasteiger partial charge < -0.3 is 9.47 Å². The molecule has 1 aliphatic heterocycles. The van der Waals surface area contributed by atoms with Gasteiger partial charge in [0.1, 0.15) is 11.5 Å². The standard InChI is InChI=1S/C16H21N3O4S/c1-3-19-16(6-7-17-19)24(20,21)18-10-12-8-13-4-5-14(22-2)9-15(13)23-11-12/h4-7,9,12,18H,3,8,10-11H2,1-2H3. The number of hydrogen-bond acceptors (Lipinski definition) is 5. The van der Waals surface area contributed by atoms with E-state index in [4.69, 9.17) is 9.47 Å². The van der Waals surface area contributed by atoms with E-state index < -0.39 is 10.0 Å². The molecule has 0 saturated carbocycles. The summed E-state index contributed by atoms with van der Waals surface area (Å²) in [7, 11) is -1.96. The number of aromatic nitrogens is 2. The summed E-state index contributed by atoms with van der Waals surface area (Å²) in [6.07, 6.45) is 2.25. The summed E-state index contributed by atoms with van der Waals surface area (Å²) in [6, 6.07) is 7.20. The summed E-state index contributed by atoms with van der Waals surface area (Å²) < 4.78 is 39.9. The molecule has 1 unspecified atom stereocenters. The van der Waals surface area contributed by atoms with Gasteiger partial charge in [-0.25, -0.2) is 13.1 Å². The van der Waals surface area contributed by atoms with Crippen LogP contribution < -0.4 is 14.2 Å². The number of fused-ring (bicyclic) bond motifs is 1. The van der Waals surface area contributed by atoms with E-state index in [1.807, 2.05) is 25.1 Å². The van der Waals surface area contributed by atoms with E-state index in [0.29, 0.717) is 19.7 Å². The van der Waals surface area contributed by atoms with Crippen LogP contribution in [0.3, 0.4) is 0 Å². The van der Waals surface area contributed by atoms with Crippen molar-refractivity contribution in [3.63, 3.8) is 0 Å². The predicted octanol–water partition coefficient (Wildman–Crippen LogP) is 1.44. The van der Waals surface area contributed by atoms with Crippen molar-refractivity contribution in [3.8, 4) is 11.5 Å². The zero-order valence-electron chi connectivity index (χ0n) is 13.7. The van der Waals surface area contributed by atoms with Crippen LogP contribution in [0.5, 0.6) is 11.5 Å². The highest BCUT2D eigenvalue weighted by molar-refractivity contribution is 7.89. The van der Waals surface area contributed by atoms with Crippen LogP contribution >= 0.6 is 0 Å². The zero-order valence-corrected chi connectivity index (χ0v) is 14.5. The SMILES string of the molecule is CCn1nccc1S(=O)(=O)NCC1COc2cc(OC)ccc2C1. The number of nitrogens with zero attached hydrogens (tertiary/aromatic N) is 2. The number of benzene rings is 1. The summed E-state index contributed by atoms with van der Waals surface area (Å²) in [6.45, 7) is 3.15. The first kappa shape index (κ1) is 16.8. The van der Waals surface area contributed by atoms with Crippen LogP contribution in [0.25, 0.3) is 0 Å². The molecule has 2 heterocycles. The molecule has 1 aliphatic rings. The Morgan fingerprint density at radius 1 is 1.42 bits per heavy atom. The van der Waals surface area contributed by atoms with Gasteiger partial charge in [0.05, 0.1) is 19.9 Å². The van der Waals surface area contributed by atoms with Crippen LogP contribution in [0.4, 0.5) is 0 Å². The lowest BCUT2D eigenvalue weighted by atomic mass is 9.97. The molecule has 1 aromatic carbocycles. The third-order valence-electron chi connectivity index (χ3n) is 4.07. The van der Waals surface area contributed by atoms with Gasteiger partial charge in [0.15, 0.2) is 5.03 Å². The molecule has 0 aliphatic carbocycles. The van der Waals surface area contributed by atoms with E-state index in [-0.39, 0.29) is 10.9 Å². The molecule has 1 aromatic heterocycles. The zero-order chi connectivity index (χ0) is 17.2. The van der Waals surface area contributed by atoms with Gasteiger partial charge in [-0.3, -0.25) is 4.68 Å². The molecule has 1 atom stereocenters. The lowest BCUT2D eigenvalue weighted by Gasteiger charge is -2.25.